The van der Waals surface area contributed by atoms with Crippen molar-refractivity contribution >= 4 is 17.3 Å². The Hall–Kier alpha value is -2.58. The molecule has 0 aliphatic rings. The molecule has 1 N–H and O–H groups in total. The number of hydrogen-bond acceptors (Lipinski definition) is 2. The summed E-state index contributed by atoms with van der Waals surface area (Å²) < 4.78 is 0. The lowest BCUT2D eigenvalue weighted by atomic mass is 9.89. The van der Waals surface area contributed by atoms with E-state index >= 15 is 0 Å². The molecule has 0 fully saturated rings. The van der Waals surface area contributed by atoms with Crippen LogP contribution in [0.4, 0.5) is 5.69 Å². The first kappa shape index (κ1) is 16.3. The zero-order valence-electron chi connectivity index (χ0n) is 13.3. The van der Waals surface area contributed by atoms with E-state index in [1.807, 2.05) is 72.9 Å². The predicted octanol–water partition coefficient (Wildman–Crippen LogP) is 5.86. The van der Waals surface area contributed by atoms with Crippen molar-refractivity contribution in [1.29, 1.82) is 0 Å². The number of rotatable bonds is 6. The summed E-state index contributed by atoms with van der Waals surface area (Å²) in [5.74, 6) is 0.0670. The summed E-state index contributed by atoms with van der Waals surface area (Å²) in [5, 5.41) is 4.24. The predicted molar refractivity (Wildman–Crippen MR) is 101 cm³/mol. The topological polar surface area (TPSA) is 24.9 Å². The summed E-state index contributed by atoms with van der Waals surface area (Å²) in [7, 11) is 0. The van der Waals surface area contributed by atoms with E-state index < -0.39 is 0 Å². The SMILES string of the molecule is C=CC(c1ccccc1)C(Nc1ccccc1Cl)c1ccccn1. The van der Waals surface area contributed by atoms with Crippen LogP contribution >= 0.6 is 11.6 Å². The summed E-state index contributed by atoms with van der Waals surface area (Å²) in [6.07, 6.45) is 3.76. The average Bonchev–Trinajstić information content (AvgIpc) is 2.65. The summed E-state index contributed by atoms with van der Waals surface area (Å²) >= 11 is 6.34. The van der Waals surface area contributed by atoms with E-state index in [9.17, 15) is 0 Å². The molecule has 120 valence electrons. The Morgan fingerprint density at radius 2 is 1.62 bits per heavy atom. The Morgan fingerprint density at radius 1 is 0.917 bits per heavy atom. The minimum atomic E-state index is -0.0639. The number of benzene rings is 2. The molecule has 1 heterocycles. The van der Waals surface area contributed by atoms with E-state index in [1.54, 1.807) is 0 Å². The van der Waals surface area contributed by atoms with Crippen LogP contribution in [0.3, 0.4) is 0 Å². The second-order valence-electron chi connectivity index (χ2n) is 5.53. The first-order valence-electron chi connectivity index (χ1n) is 7.89. The van der Waals surface area contributed by atoms with Crippen molar-refractivity contribution in [1.82, 2.24) is 4.98 Å². The first-order valence-corrected chi connectivity index (χ1v) is 8.27. The van der Waals surface area contributed by atoms with Crippen LogP contribution in [0.15, 0.2) is 91.6 Å². The molecule has 0 saturated heterocycles. The molecule has 3 rings (SSSR count). The molecule has 24 heavy (non-hydrogen) atoms. The maximum atomic E-state index is 6.34. The number of aromatic nitrogens is 1. The number of pyridine rings is 1. The van der Waals surface area contributed by atoms with Gasteiger partial charge in [0.2, 0.25) is 0 Å². The lowest BCUT2D eigenvalue weighted by Gasteiger charge is -2.27. The van der Waals surface area contributed by atoms with E-state index in [-0.39, 0.29) is 12.0 Å². The van der Waals surface area contributed by atoms with E-state index in [0.717, 1.165) is 11.4 Å². The van der Waals surface area contributed by atoms with E-state index in [2.05, 4.69) is 29.0 Å². The summed E-state index contributed by atoms with van der Waals surface area (Å²) in [4.78, 5) is 4.55. The summed E-state index contributed by atoms with van der Waals surface area (Å²) in [6.45, 7) is 4.05. The van der Waals surface area contributed by atoms with Gasteiger partial charge in [0.05, 0.1) is 22.4 Å². The molecule has 0 radical (unpaired) electrons. The van der Waals surface area contributed by atoms with Gasteiger partial charge in [0, 0.05) is 12.1 Å². The molecule has 0 amide bonds. The molecular formula is C21H19ClN2. The second kappa shape index (κ2) is 7.80. The molecule has 0 saturated carbocycles. The molecule has 2 nitrogen and oxygen atoms in total. The van der Waals surface area contributed by atoms with Gasteiger partial charge in [0.1, 0.15) is 0 Å². The molecule has 0 aliphatic heterocycles. The normalized spacial score (nSPS) is 13.0. The van der Waals surface area contributed by atoms with Crippen molar-refractivity contribution in [3.63, 3.8) is 0 Å². The van der Waals surface area contributed by atoms with E-state index in [1.165, 1.54) is 5.56 Å². The van der Waals surface area contributed by atoms with E-state index in [4.69, 9.17) is 11.6 Å². The third-order valence-electron chi connectivity index (χ3n) is 3.99. The zero-order chi connectivity index (χ0) is 16.8. The fourth-order valence-corrected chi connectivity index (χ4v) is 2.98. The van der Waals surface area contributed by atoms with Crippen molar-refractivity contribution in [3.8, 4) is 0 Å². The second-order valence-corrected chi connectivity index (χ2v) is 5.94. The lowest BCUT2D eigenvalue weighted by molar-refractivity contribution is 0.671. The fourth-order valence-electron chi connectivity index (χ4n) is 2.79. The van der Waals surface area contributed by atoms with Gasteiger partial charge in [-0.25, -0.2) is 0 Å². The van der Waals surface area contributed by atoms with Gasteiger partial charge in [-0.15, -0.1) is 6.58 Å². The number of nitrogens with zero attached hydrogens (tertiary/aromatic N) is 1. The van der Waals surface area contributed by atoms with Crippen LogP contribution in [-0.2, 0) is 0 Å². The molecule has 2 aromatic carbocycles. The van der Waals surface area contributed by atoms with Crippen molar-refractivity contribution in [2.75, 3.05) is 5.32 Å². The Labute approximate surface area is 147 Å². The van der Waals surface area contributed by atoms with Crippen LogP contribution in [-0.4, -0.2) is 4.98 Å². The molecule has 0 spiro atoms. The molecule has 1 aromatic heterocycles. The van der Waals surface area contributed by atoms with Crippen LogP contribution in [0.1, 0.15) is 23.2 Å². The monoisotopic (exact) mass is 334 g/mol. The fraction of sp³-hybridized carbons (Fsp3) is 0.0952. The molecule has 0 bridgehead atoms. The van der Waals surface area contributed by atoms with Gasteiger partial charge in [-0.05, 0) is 29.8 Å². The van der Waals surface area contributed by atoms with Crippen molar-refractivity contribution < 1.29 is 0 Å². The molecule has 3 aromatic rings. The highest BCUT2D eigenvalue weighted by Crippen LogP contribution is 2.35. The number of hydrogen-bond donors (Lipinski definition) is 1. The Kier molecular flexibility index (Phi) is 5.29. The third kappa shape index (κ3) is 3.66. The molecule has 2 unspecified atom stereocenters. The zero-order valence-corrected chi connectivity index (χ0v) is 14.0. The van der Waals surface area contributed by atoms with Gasteiger partial charge < -0.3 is 5.32 Å². The van der Waals surface area contributed by atoms with Gasteiger partial charge in [0.25, 0.3) is 0 Å². The van der Waals surface area contributed by atoms with Crippen LogP contribution in [0.25, 0.3) is 0 Å². The number of nitrogens with one attached hydrogen (secondary N) is 1. The molecule has 0 aliphatic carbocycles. The van der Waals surface area contributed by atoms with Gasteiger partial charge >= 0.3 is 0 Å². The highest BCUT2D eigenvalue weighted by Gasteiger charge is 2.24. The van der Waals surface area contributed by atoms with Gasteiger partial charge in [0.15, 0.2) is 0 Å². The van der Waals surface area contributed by atoms with Crippen molar-refractivity contribution in [2.24, 2.45) is 0 Å². The van der Waals surface area contributed by atoms with Crippen LogP contribution in [0.5, 0.6) is 0 Å². The Balaban J connectivity index is 2.02. The Bertz CT molecular complexity index is 787. The van der Waals surface area contributed by atoms with Crippen LogP contribution < -0.4 is 5.32 Å². The largest absolute Gasteiger partial charge is 0.375 e. The molecule has 3 heteroatoms. The quantitative estimate of drug-likeness (QED) is 0.571. The van der Waals surface area contributed by atoms with Crippen LogP contribution in [0, 0.1) is 0 Å². The smallest absolute Gasteiger partial charge is 0.0788 e. The summed E-state index contributed by atoms with van der Waals surface area (Å²) in [6, 6.07) is 23.9. The first-order chi connectivity index (χ1) is 11.8. The lowest BCUT2D eigenvalue weighted by Crippen LogP contribution is -2.19. The average molecular weight is 335 g/mol. The minimum Gasteiger partial charge on any atom is -0.375 e. The maximum absolute atomic E-state index is 6.34. The van der Waals surface area contributed by atoms with Gasteiger partial charge in [-0.2, -0.15) is 0 Å². The minimum absolute atomic E-state index is 0.0639. The van der Waals surface area contributed by atoms with E-state index in [0.29, 0.717) is 5.02 Å². The Morgan fingerprint density at radius 3 is 2.29 bits per heavy atom. The van der Waals surface area contributed by atoms with Crippen molar-refractivity contribution in [2.45, 2.75) is 12.0 Å². The van der Waals surface area contributed by atoms with Gasteiger partial charge in [-0.3, -0.25) is 4.98 Å². The van der Waals surface area contributed by atoms with Crippen molar-refractivity contribution in [3.05, 3.63) is 108 Å². The molecular weight excluding hydrogens is 316 g/mol. The summed E-state index contributed by atoms with van der Waals surface area (Å²) in [5.41, 5.74) is 3.02. The van der Waals surface area contributed by atoms with Gasteiger partial charge in [-0.1, -0.05) is 66.2 Å². The number of para-hydroxylation sites is 1. The molecule has 2 atom stereocenters. The standard InChI is InChI=1S/C21H19ClN2/c1-2-17(16-10-4-3-5-11-16)21(20-14-8-9-15-23-20)24-19-13-7-6-12-18(19)22/h2-15,17,21,24H,1H2. The highest BCUT2D eigenvalue weighted by atomic mass is 35.5. The number of halogens is 1. The maximum Gasteiger partial charge on any atom is 0.0788 e. The van der Waals surface area contributed by atoms with Crippen LogP contribution in [0.2, 0.25) is 5.02 Å². The highest BCUT2D eigenvalue weighted by molar-refractivity contribution is 6.33. The third-order valence-corrected chi connectivity index (χ3v) is 4.32. The number of anilines is 1.